The maximum absolute atomic E-state index is 5.49. The molecular formula is C16H21N3. The van der Waals surface area contributed by atoms with Gasteiger partial charge >= 0.3 is 0 Å². The lowest BCUT2D eigenvalue weighted by Gasteiger charge is -2.04. The van der Waals surface area contributed by atoms with Crippen molar-refractivity contribution in [2.45, 2.75) is 39.0 Å². The Hall–Kier alpha value is -1.90. The van der Waals surface area contributed by atoms with Crippen molar-refractivity contribution in [1.29, 1.82) is 0 Å². The highest BCUT2D eigenvalue weighted by atomic mass is 15.0. The van der Waals surface area contributed by atoms with Gasteiger partial charge in [-0.15, -0.1) is 0 Å². The molecule has 0 atom stereocenters. The van der Waals surface area contributed by atoms with Gasteiger partial charge in [0.15, 0.2) is 0 Å². The van der Waals surface area contributed by atoms with Crippen molar-refractivity contribution < 1.29 is 0 Å². The molecule has 0 spiro atoms. The number of rotatable bonds is 6. The lowest BCUT2D eigenvalue weighted by Crippen LogP contribution is -1.93. The number of anilines is 1. The van der Waals surface area contributed by atoms with Crippen LogP contribution in [0.2, 0.25) is 0 Å². The molecule has 0 aliphatic rings. The van der Waals surface area contributed by atoms with Crippen molar-refractivity contribution in [3.63, 3.8) is 0 Å². The van der Waals surface area contributed by atoms with E-state index in [2.05, 4.69) is 41.2 Å². The molecular weight excluding hydrogens is 234 g/mol. The van der Waals surface area contributed by atoms with Crippen LogP contribution in [0.15, 0.2) is 36.7 Å². The Balaban J connectivity index is 1.96. The lowest BCUT2D eigenvalue weighted by atomic mass is 10.0. The van der Waals surface area contributed by atoms with Crippen LogP contribution in [0.1, 0.15) is 38.2 Å². The van der Waals surface area contributed by atoms with Gasteiger partial charge in [0.2, 0.25) is 5.95 Å². The molecule has 3 nitrogen and oxygen atoms in total. The van der Waals surface area contributed by atoms with Crippen molar-refractivity contribution in [2.75, 3.05) is 5.73 Å². The van der Waals surface area contributed by atoms with E-state index in [9.17, 15) is 0 Å². The molecule has 0 saturated heterocycles. The van der Waals surface area contributed by atoms with Crippen LogP contribution in [0.5, 0.6) is 0 Å². The number of nitrogens with two attached hydrogens (primary N) is 1. The van der Waals surface area contributed by atoms with E-state index < -0.39 is 0 Å². The molecule has 0 saturated carbocycles. The van der Waals surface area contributed by atoms with Gasteiger partial charge < -0.3 is 5.73 Å². The minimum absolute atomic E-state index is 0.316. The van der Waals surface area contributed by atoms with Crippen molar-refractivity contribution >= 4 is 5.95 Å². The molecule has 1 aromatic carbocycles. The third kappa shape index (κ3) is 4.05. The fraction of sp³-hybridized carbons (Fsp3) is 0.375. The van der Waals surface area contributed by atoms with Gasteiger partial charge in [-0.1, -0.05) is 50.5 Å². The number of hydrogen-bond donors (Lipinski definition) is 1. The van der Waals surface area contributed by atoms with Gasteiger partial charge in [-0.3, -0.25) is 0 Å². The highest BCUT2D eigenvalue weighted by Gasteiger charge is 1.99. The quantitative estimate of drug-likeness (QED) is 0.798. The zero-order valence-corrected chi connectivity index (χ0v) is 11.5. The average molecular weight is 255 g/mol. The minimum Gasteiger partial charge on any atom is -0.368 e. The van der Waals surface area contributed by atoms with Crippen molar-refractivity contribution in [1.82, 2.24) is 9.97 Å². The molecule has 2 aromatic rings. The van der Waals surface area contributed by atoms with Crippen LogP contribution in [-0.4, -0.2) is 9.97 Å². The maximum Gasteiger partial charge on any atom is 0.219 e. The van der Waals surface area contributed by atoms with Gasteiger partial charge in [0, 0.05) is 18.0 Å². The molecule has 0 unspecified atom stereocenters. The Kier molecular flexibility index (Phi) is 4.90. The van der Waals surface area contributed by atoms with Crippen LogP contribution in [0, 0.1) is 0 Å². The van der Waals surface area contributed by atoms with E-state index in [-0.39, 0.29) is 0 Å². The summed E-state index contributed by atoms with van der Waals surface area (Å²) in [7, 11) is 0. The molecule has 0 fully saturated rings. The molecule has 0 aliphatic heterocycles. The number of aryl methyl sites for hydroxylation is 1. The fourth-order valence-electron chi connectivity index (χ4n) is 2.11. The van der Waals surface area contributed by atoms with Crippen LogP contribution < -0.4 is 5.73 Å². The topological polar surface area (TPSA) is 51.8 Å². The first-order chi connectivity index (χ1) is 9.29. The van der Waals surface area contributed by atoms with Gasteiger partial charge in [-0.05, 0) is 24.0 Å². The van der Waals surface area contributed by atoms with Crippen LogP contribution in [0.25, 0.3) is 11.1 Å². The molecule has 0 radical (unpaired) electrons. The van der Waals surface area contributed by atoms with E-state index >= 15 is 0 Å². The van der Waals surface area contributed by atoms with Gasteiger partial charge in [0.25, 0.3) is 0 Å². The van der Waals surface area contributed by atoms with Crippen LogP contribution in [0.3, 0.4) is 0 Å². The first-order valence-electron chi connectivity index (χ1n) is 6.96. The lowest BCUT2D eigenvalue weighted by molar-refractivity contribution is 0.667. The monoisotopic (exact) mass is 255 g/mol. The van der Waals surface area contributed by atoms with E-state index in [1.807, 2.05) is 0 Å². The van der Waals surface area contributed by atoms with E-state index in [0.29, 0.717) is 5.95 Å². The molecule has 0 amide bonds. The molecule has 0 bridgehead atoms. The SMILES string of the molecule is CCCCCCc1ccc(-c2cnc(N)nc2)cc1. The first kappa shape index (κ1) is 13.5. The van der Waals surface area contributed by atoms with E-state index in [1.54, 1.807) is 12.4 Å². The summed E-state index contributed by atoms with van der Waals surface area (Å²) in [5.41, 5.74) is 9.03. The van der Waals surface area contributed by atoms with Crippen LogP contribution in [-0.2, 0) is 6.42 Å². The predicted molar refractivity (Wildman–Crippen MR) is 79.7 cm³/mol. The summed E-state index contributed by atoms with van der Waals surface area (Å²) in [5.74, 6) is 0.316. The second kappa shape index (κ2) is 6.88. The summed E-state index contributed by atoms with van der Waals surface area (Å²) in [6, 6.07) is 8.64. The van der Waals surface area contributed by atoms with Crippen molar-refractivity contribution in [2.24, 2.45) is 0 Å². The zero-order valence-electron chi connectivity index (χ0n) is 11.5. The summed E-state index contributed by atoms with van der Waals surface area (Å²) in [6.07, 6.45) is 9.91. The summed E-state index contributed by atoms with van der Waals surface area (Å²) < 4.78 is 0. The number of unbranched alkanes of at least 4 members (excludes halogenated alkanes) is 3. The Morgan fingerprint density at radius 1 is 0.895 bits per heavy atom. The summed E-state index contributed by atoms with van der Waals surface area (Å²) in [5, 5.41) is 0. The minimum atomic E-state index is 0.316. The predicted octanol–water partition coefficient (Wildman–Crippen LogP) is 3.85. The fourth-order valence-corrected chi connectivity index (χ4v) is 2.11. The Morgan fingerprint density at radius 2 is 1.58 bits per heavy atom. The van der Waals surface area contributed by atoms with Gasteiger partial charge in [0.1, 0.15) is 0 Å². The number of nitrogen functional groups attached to an aromatic ring is 1. The van der Waals surface area contributed by atoms with Crippen molar-refractivity contribution in [3.05, 3.63) is 42.2 Å². The molecule has 2 rings (SSSR count). The smallest absolute Gasteiger partial charge is 0.219 e. The highest BCUT2D eigenvalue weighted by Crippen LogP contribution is 2.19. The Morgan fingerprint density at radius 3 is 2.21 bits per heavy atom. The second-order valence-corrected chi connectivity index (χ2v) is 4.84. The van der Waals surface area contributed by atoms with E-state index in [4.69, 9.17) is 5.73 Å². The zero-order chi connectivity index (χ0) is 13.5. The highest BCUT2D eigenvalue weighted by molar-refractivity contribution is 5.62. The molecule has 19 heavy (non-hydrogen) atoms. The normalized spacial score (nSPS) is 10.6. The molecule has 100 valence electrons. The molecule has 1 aromatic heterocycles. The summed E-state index contributed by atoms with van der Waals surface area (Å²) >= 11 is 0. The van der Waals surface area contributed by atoms with Crippen molar-refractivity contribution in [3.8, 4) is 11.1 Å². The molecule has 2 N–H and O–H groups in total. The number of hydrogen-bond acceptors (Lipinski definition) is 3. The standard InChI is InChI=1S/C16H21N3/c1-2-3-4-5-6-13-7-9-14(10-8-13)15-11-18-16(17)19-12-15/h7-12H,2-6H2,1H3,(H2,17,18,19). The third-order valence-electron chi connectivity index (χ3n) is 3.28. The van der Waals surface area contributed by atoms with E-state index in [0.717, 1.165) is 11.1 Å². The third-order valence-corrected chi connectivity index (χ3v) is 3.28. The van der Waals surface area contributed by atoms with Gasteiger partial charge in [-0.2, -0.15) is 0 Å². The summed E-state index contributed by atoms with van der Waals surface area (Å²) in [6.45, 7) is 2.24. The Labute approximate surface area is 114 Å². The first-order valence-corrected chi connectivity index (χ1v) is 6.96. The van der Waals surface area contributed by atoms with Gasteiger partial charge in [-0.25, -0.2) is 9.97 Å². The Bertz CT molecular complexity index is 488. The number of nitrogens with zero attached hydrogens (tertiary/aromatic N) is 2. The number of benzene rings is 1. The van der Waals surface area contributed by atoms with Crippen LogP contribution in [0.4, 0.5) is 5.95 Å². The van der Waals surface area contributed by atoms with E-state index in [1.165, 1.54) is 37.7 Å². The second-order valence-electron chi connectivity index (χ2n) is 4.84. The molecule has 3 heteroatoms. The van der Waals surface area contributed by atoms with Gasteiger partial charge in [0.05, 0.1) is 0 Å². The van der Waals surface area contributed by atoms with Crippen LogP contribution >= 0.6 is 0 Å². The number of aromatic nitrogens is 2. The summed E-state index contributed by atoms with van der Waals surface area (Å²) in [4.78, 5) is 8.03. The average Bonchev–Trinajstić information content (AvgIpc) is 2.45. The molecule has 1 heterocycles. The molecule has 0 aliphatic carbocycles. The maximum atomic E-state index is 5.49. The largest absolute Gasteiger partial charge is 0.368 e.